The highest BCUT2D eigenvalue weighted by Crippen LogP contribution is 2.10. The summed E-state index contributed by atoms with van der Waals surface area (Å²) in [5.74, 6) is 0.361. The molecule has 0 unspecified atom stereocenters. The van der Waals surface area contributed by atoms with Crippen molar-refractivity contribution in [1.29, 1.82) is 0 Å². The fourth-order valence-electron chi connectivity index (χ4n) is 0.483. The molecule has 1 aromatic heterocycles. The van der Waals surface area contributed by atoms with Gasteiger partial charge in [0.1, 0.15) is 5.82 Å². The van der Waals surface area contributed by atoms with E-state index in [-0.39, 0.29) is 0 Å². The SMILES string of the molecule is [N-]=[N+]=Nc1ccc(S)cn1. The number of aromatic nitrogens is 1. The molecule has 0 N–H and O–H groups in total. The summed E-state index contributed by atoms with van der Waals surface area (Å²) < 4.78 is 0. The van der Waals surface area contributed by atoms with Gasteiger partial charge in [0.05, 0.1) is 0 Å². The minimum absolute atomic E-state index is 0.361. The smallest absolute Gasteiger partial charge is 0.126 e. The van der Waals surface area contributed by atoms with Crippen LogP contribution in [0, 0.1) is 0 Å². The van der Waals surface area contributed by atoms with E-state index in [1.807, 2.05) is 0 Å². The Kier molecular flexibility index (Phi) is 2.15. The van der Waals surface area contributed by atoms with Gasteiger partial charge in [-0.2, -0.15) is 0 Å². The van der Waals surface area contributed by atoms with Crippen molar-refractivity contribution in [2.75, 3.05) is 0 Å². The molecule has 1 heterocycles. The molecule has 0 spiro atoms. The van der Waals surface area contributed by atoms with Crippen LogP contribution in [-0.4, -0.2) is 4.98 Å². The summed E-state index contributed by atoms with van der Waals surface area (Å²) in [6.45, 7) is 0. The molecule has 50 valence electrons. The number of rotatable bonds is 1. The minimum Gasteiger partial charge on any atom is -0.253 e. The molecule has 4 nitrogen and oxygen atoms in total. The quantitative estimate of drug-likeness (QED) is 0.285. The predicted molar refractivity (Wildman–Crippen MR) is 40.3 cm³/mol. The van der Waals surface area contributed by atoms with Gasteiger partial charge in [0.25, 0.3) is 0 Å². The lowest BCUT2D eigenvalue weighted by Gasteiger charge is -1.88. The maximum Gasteiger partial charge on any atom is 0.126 e. The van der Waals surface area contributed by atoms with E-state index in [1.165, 1.54) is 6.20 Å². The molecular weight excluding hydrogens is 148 g/mol. The van der Waals surface area contributed by atoms with Gasteiger partial charge in [0, 0.05) is 16.0 Å². The first-order chi connectivity index (χ1) is 4.83. The molecule has 0 aliphatic rings. The molecule has 0 fully saturated rings. The van der Waals surface area contributed by atoms with Gasteiger partial charge >= 0.3 is 0 Å². The second-order valence-electron chi connectivity index (χ2n) is 1.56. The van der Waals surface area contributed by atoms with Crippen molar-refractivity contribution in [3.63, 3.8) is 0 Å². The molecule has 1 rings (SSSR count). The second kappa shape index (κ2) is 3.10. The Bertz CT molecular complexity index is 261. The Morgan fingerprint density at radius 3 is 2.90 bits per heavy atom. The molecule has 0 aliphatic carbocycles. The first-order valence-corrected chi connectivity index (χ1v) is 2.98. The fourth-order valence-corrected chi connectivity index (χ4v) is 0.615. The minimum atomic E-state index is 0.361. The van der Waals surface area contributed by atoms with Crippen molar-refractivity contribution in [1.82, 2.24) is 4.98 Å². The topological polar surface area (TPSA) is 61.7 Å². The third-order valence-electron chi connectivity index (χ3n) is 0.879. The molecule has 0 radical (unpaired) electrons. The molecule has 5 heteroatoms. The summed E-state index contributed by atoms with van der Waals surface area (Å²) >= 11 is 4.00. The Hall–Kier alpha value is -1.19. The lowest BCUT2D eigenvalue weighted by Crippen LogP contribution is -1.70. The predicted octanol–water partition coefficient (Wildman–Crippen LogP) is 2.31. The van der Waals surface area contributed by atoms with E-state index >= 15 is 0 Å². The van der Waals surface area contributed by atoms with Crippen molar-refractivity contribution >= 4 is 18.4 Å². The zero-order valence-electron chi connectivity index (χ0n) is 4.97. The van der Waals surface area contributed by atoms with E-state index in [9.17, 15) is 0 Å². The Labute approximate surface area is 62.9 Å². The van der Waals surface area contributed by atoms with Gasteiger partial charge < -0.3 is 0 Å². The summed E-state index contributed by atoms with van der Waals surface area (Å²) in [5.41, 5.74) is 7.99. The summed E-state index contributed by atoms with van der Waals surface area (Å²) in [6.07, 6.45) is 1.52. The molecular formula is C5H4N4S. The number of hydrogen-bond donors (Lipinski definition) is 1. The fraction of sp³-hybridized carbons (Fsp3) is 0. The summed E-state index contributed by atoms with van der Waals surface area (Å²) in [5, 5.41) is 3.28. The van der Waals surface area contributed by atoms with Crippen LogP contribution in [0.1, 0.15) is 0 Å². The van der Waals surface area contributed by atoms with E-state index < -0.39 is 0 Å². The largest absolute Gasteiger partial charge is 0.253 e. The maximum atomic E-state index is 7.99. The summed E-state index contributed by atoms with van der Waals surface area (Å²) in [4.78, 5) is 7.09. The Morgan fingerprint density at radius 2 is 2.40 bits per heavy atom. The number of nitrogens with zero attached hydrogens (tertiary/aromatic N) is 4. The highest BCUT2D eigenvalue weighted by atomic mass is 32.1. The average molecular weight is 152 g/mol. The van der Waals surface area contributed by atoms with Gasteiger partial charge in [-0.25, -0.2) is 0 Å². The molecule has 0 atom stereocenters. The second-order valence-corrected chi connectivity index (χ2v) is 2.08. The number of hydrogen-bond acceptors (Lipinski definition) is 3. The molecule has 0 amide bonds. The first kappa shape index (κ1) is 6.92. The summed E-state index contributed by atoms with van der Waals surface area (Å²) in [6, 6.07) is 3.31. The van der Waals surface area contributed by atoms with Crippen LogP contribution >= 0.6 is 12.6 Å². The molecule has 0 saturated heterocycles. The number of pyridine rings is 1. The standard InChI is InChI=1S/C5H4N4S/c6-9-8-5-2-1-4(10)3-7-5/h1-3,10H. The van der Waals surface area contributed by atoms with Crippen LogP contribution in [0.4, 0.5) is 5.82 Å². The van der Waals surface area contributed by atoms with Crippen LogP contribution in [0.2, 0.25) is 0 Å². The molecule has 0 bridgehead atoms. The maximum absolute atomic E-state index is 7.99. The van der Waals surface area contributed by atoms with Crippen LogP contribution in [0.5, 0.6) is 0 Å². The third kappa shape index (κ3) is 1.65. The van der Waals surface area contributed by atoms with Crippen molar-refractivity contribution in [3.8, 4) is 0 Å². The van der Waals surface area contributed by atoms with Crippen LogP contribution in [0.25, 0.3) is 10.4 Å². The van der Waals surface area contributed by atoms with Crippen LogP contribution in [0.3, 0.4) is 0 Å². The van der Waals surface area contributed by atoms with E-state index in [1.54, 1.807) is 12.1 Å². The van der Waals surface area contributed by atoms with Crippen molar-refractivity contribution in [3.05, 3.63) is 28.8 Å². The van der Waals surface area contributed by atoms with E-state index in [0.717, 1.165) is 4.90 Å². The zero-order valence-corrected chi connectivity index (χ0v) is 5.86. The molecule has 0 aliphatic heterocycles. The molecule has 0 aromatic carbocycles. The van der Waals surface area contributed by atoms with Gasteiger partial charge in [-0.15, -0.1) is 12.6 Å². The van der Waals surface area contributed by atoms with E-state index in [0.29, 0.717) is 5.82 Å². The van der Waals surface area contributed by atoms with Crippen molar-refractivity contribution < 1.29 is 0 Å². The molecule has 10 heavy (non-hydrogen) atoms. The van der Waals surface area contributed by atoms with Gasteiger partial charge in [-0.1, -0.05) is 0 Å². The van der Waals surface area contributed by atoms with Crippen molar-refractivity contribution in [2.45, 2.75) is 4.90 Å². The van der Waals surface area contributed by atoms with Gasteiger partial charge in [-0.05, 0) is 22.8 Å². The van der Waals surface area contributed by atoms with E-state index in [4.69, 9.17) is 5.53 Å². The lowest BCUT2D eigenvalue weighted by atomic mass is 10.5. The van der Waals surface area contributed by atoms with Gasteiger partial charge in [-0.3, -0.25) is 4.98 Å². The zero-order chi connectivity index (χ0) is 7.40. The van der Waals surface area contributed by atoms with Crippen LogP contribution < -0.4 is 0 Å². The van der Waals surface area contributed by atoms with Crippen molar-refractivity contribution in [2.24, 2.45) is 5.11 Å². The Balaban J connectivity index is 3.00. The number of thiol groups is 1. The highest BCUT2D eigenvalue weighted by Gasteiger charge is 1.86. The first-order valence-electron chi connectivity index (χ1n) is 2.53. The van der Waals surface area contributed by atoms with E-state index in [2.05, 4.69) is 27.6 Å². The monoisotopic (exact) mass is 152 g/mol. The molecule has 1 aromatic rings. The Morgan fingerprint density at radius 1 is 1.60 bits per heavy atom. The van der Waals surface area contributed by atoms with Crippen LogP contribution in [0.15, 0.2) is 28.3 Å². The number of azide groups is 1. The van der Waals surface area contributed by atoms with Crippen LogP contribution in [-0.2, 0) is 0 Å². The lowest BCUT2D eigenvalue weighted by molar-refractivity contribution is 1.20. The van der Waals surface area contributed by atoms with Gasteiger partial charge in [0.2, 0.25) is 0 Å². The molecule has 0 saturated carbocycles. The third-order valence-corrected chi connectivity index (χ3v) is 1.14. The summed E-state index contributed by atoms with van der Waals surface area (Å²) in [7, 11) is 0. The normalized spacial score (nSPS) is 8.50. The van der Waals surface area contributed by atoms with Gasteiger partial charge in [0.15, 0.2) is 0 Å². The average Bonchev–Trinajstić information content (AvgIpc) is 1.95. The highest BCUT2D eigenvalue weighted by molar-refractivity contribution is 7.80.